The van der Waals surface area contributed by atoms with E-state index in [9.17, 15) is 14.4 Å². The third kappa shape index (κ3) is 5.33. The average Bonchev–Trinajstić information content (AvgIpc) is 3.20. The lowest BCUT2D eigenvalue weighted by Gasteiger charge is -2.13. The highest BCUT2D eigenvalue weighted by Crippen LogP contribution is 2.30. The predicted octanol–water partition coefficient (Wildman–Crippen LogP) is 5.15. The average molecular weight is 542 g/mol. The fourth-order valence-corrected chi connectivity index (χ4v) is 5.88. The second kappa shape index (κ2) is 10.9. The van der Waals surface area contributed by atoms with E-state index >= 15 is 0 Å². The molecule has 0 bridgehead atoms. The maximum absolute atomic E-state index is 13.7. The van der Waals surface area contributed by atoms with Crippen molar-refractivity contribution in [1.82, 2.24) is 14.5 Å². The molecule has 186 valence electrons. The van der Waals surface area contributed by atoms with Crippen molar-refractivity contribution in [3.63, 3.8) is 0 Å². The molecule has 2 aromatic heterocycles. The first-order valence-electron chi connectivity index (χ1n) is 11.0. The Morgan fingerprint density at radius 3 is 2.39 bits per heavy atom. The van der Waals surface area contributed by atoms with E-state index in [1.165, 1.54) is 28.0 Å². The molecule has 0 radical (unpaired) electrons. The molecule has 0 atom stereocenters. The van der Waals surface area contributed by atoms with E-state index in [0.717, 1.165) is 5.56 Å². The van der Waals surface area contributed by atoms with Gasteiger partial charge in [-0.3, -0.25) is 19.0 Å². The quantitative estimate of drug-likeness (QED) is 0.174. The van der Waals surface area contributed by atoms with Crippen LogP contribution in [0.25, 0.3) is 10.2 Å². The summed E-state index contributed by atoms with van der Waals surface area (Å²) in [5, 5.41) is 1.39. The highest BCUT2D eigenvalue weighted by atomic mass is 35.5. The van der Waals surface area contributed by atoms with Crippen LogP contribution in [-0.4, -0.2) is 53.1 Å². The van der Waals surface area contributed by atoms with E-state index in [0.29, 0.717) is 42.1 Å². The number of Topliss-reactive ketones (excluding diaryl/α,β-unsaturated/α-hetero) is 1. The summed E-state index contributed by atoms with van der Waals surface area (Å²) in [6.45, 7) is 2.03. The molecule has 0 aliphatic heterocycles. The highest BCUT2D eigenvalue weighted by Gasteiger charge is 2.23. The minimum absolute atomic E-state index is 0.0933. The molecule has 0 unspecified atom stereocenters. The fourth-order valence-electron chi connectivity index (χ4n) is 3.62. The van der Waals surface area contributed by atoms with Crippen molar-refractivity contribution in [2.75, 3.05) is 27.0 Å². The van der Waals surface area contributed by atoms with Gasteiger partial charge in [0, 0.05) is 24.7 Å². The molecule has 0 spiro atoms. The summed E-state index contributed by atoms with van der Waals surface area (Å²) >= 11 is 8.33. The van der Waals surface area contributed by atoms with Crippen LogP contribution in [-0.2, 0) is 6.54 Å². The van der Waals surface area contributed by atoms with Crippen LogP contribution in [0.3, 0.4) is 0 Å². The normalized spacial score (nSPS) is 11.0. The Bertz CT molecular complexity index is 1490. The summed E-state index contributed by atoms with van der Waals surface area (Å²) in [4.78, 5) is 46.4. The van der Waals surface area contributed by atoms with Gasteiger partial charge in [0.2, 0.25) is 0 Å². The molecule has 0 saturated heterocycles. The number of thioether (sulfide) groups is 1. The number of carbonyl (C=O) groups is 2. The molecule has 0 saturated carbocycles. The van der Waals surface area contributed by atoms with Crippen LogP contribution in [0.15, 0.2) is 58.5 Å². The zero-order chi connectivity index (χ0) is 26.0. The van der Waals surface area contributed by atoms with Crippen molar-refractivity contribution in [3.8, 4) is 5.75 Å². The van der Waals surface area contributed by atoms with Crippen molar-refractivity contribution < 1.29 is 14.3 Å². The van der Waals surface area contributed by atoms with Crippen LogP contribution in [0.5, 0.6) is 5.75 Å². The first-order chi connectivity index (χ1) is 17.2. The number of fused-ring (bicyclic) bond motifs is 1. The zero-order valence-electron chi connectivity index (χ0n) is 20.2. The third-order valence-electron chi connectivity index (χ3n) is 5.61. The van der Waals surface area contributed by atoms with Crippen molar-refractivity contribution in [1.29, 1.82) is 0 Å². The van der Waals surface area contributed by atoms with Gasteiger partial charge in [0.15, 0.2) is 10.9 Å². The van der Waals surface area contributed by atoms with Crippen LogP contribution >= 0.6 is 34.7 Å². The smallest absolute Gasteiger partial charge is 0.263 e. The van der Waals surface area contributed by atoms with Gasteiger partial charge in [-0.2, -0.15) is 0 Å². The number of ether oxygens (including phenoxy) is 1. The van der Waals surface area contributed by atoms with Crippen molar-refractivity contribution in [2.45, 2.75) is 18.6 Å². The third-order valence-corrected chi connectivity index (χ3v) is 8.02. The number of amides is 1. The molecule has 1 amide bonds. The number of carbonyl (C=O) groups excluding carboxylic acids is 2. The number of thiophene rings is 1. The lowest BCUT2D eigenvalue weighted by Crippen LogP contribution is -2.25. The number of halogens is 1. The Morgan fingerprint density at radius 1 is 1.11 bits per heavy atom. The Balaban J connectivity index is 1.76. The molecule has 0 fully saturated rings. The standard InChI is InChI=1S/C26H24ClN3O4S2/c1-15-21-23(36-22(15)25(33)29(2)3)28-26(35-14-20(31)17-7-9-18(27)10-8-17)30(24(21)32)13-16-5-11-19(34-4)12-6-16/h5-12H,13-14H2,1-4H3. The molecule has 2 aromatic carbocycles. The minimum atomic E-state index is -0.246. The number of aryl methyl sites for hydroxylation is 1. The zero-order valence-corrected chi connectivity index (χ0v) is 22.6. The number of aromatic nitrogens is 2. The molecule has 7 nitrogen and oxygen atoms in total. The van der Waals surface area contributed by atoms with E-state index in [-0.39, 0.29) is 29.5 Å². The number of hydrogen-bond donors (Lipinski definition) is 0. The Kier molecular flexibility index (Phi) is 7.82. The van der Waals surface area contributed by atoms with Crippen molar-refractivity contribution in [2.24, 2.45) is 0 Å². The highest BCUT2D eigenvalue weighted by molar-refractivity contribution is 7.99. The van der Waals surface area contributed by atoms with Crippen molar-refractivity contribution in [3.05, 3.63) is 85.5 Å². The van der Waals surface area contributed by atoms with Crippen LogP contribution in [0.4, 0.5) is 0 Å². The van der Waals surface area contributed by atoms with Gasteiger partial charge in [-0.15, -0.1) is 11.3 Å². The van der Waals surface area contributed by atoms with Gasteiger partial charge in [0.1, 0.15) is 10.6 Å². The van der Waals surface area contributed by atoms with E-state index < -0.39 is 0 Å². The fraction of sp³-hybridized carbons (Fsp3) is 0.231. The summed E-state index contributed by atoms with van der Waals surface area (Å²) in [6.07, 6.45) is 0. The van der Waals surface area contributed by atoms with Gasteiger partial charge in [0.05, 0.1) is 29.7 Å². The number of rotatable bonds is 8. The van der Waals surface area contributed by atoms with Gasteiger partial charge in [-0.05, 0) is 54.4 Å². The Hall–Kier alpha value is -3.14. The van der Waals surface area contributed by atoms with Crippen LogP contribution in [0, 0.1) is 6.92 Å². The molecule has 4 aromatic rings. The van der Waals surface area contributed by atoms with Crippen molar-refractivity contribution >= 4 is 56.6 Å². The summed E-state index contributed by atoms with van der Waals surface area (Å²) in [6, 6.07) is 14.1. The van der Waals surface area contributed by atoms with E-state index in [2.05, 4.69) is 0 Å². The first-order valence-corrected chi connectivity index (χ1v) is 13.2. The van der Waals surface area contributed by atoms with E-state index in [1.54, 1.807) is 57.0 Å². The number of nitrogens with zero attached hydrogens (tertiary/aromatic N) is 3. The second-order valence-corrected chi connectivity index (χ2v) is 10.7. The molecular weight excluding hydrogens is 518 g/mol. The molecule has 2 heterocycles. The molecule has 0 N–H and O–H groups in total. The number of hydrogen-bond acceptors (Lipinski definition) is 7. The largest absolute Gasteiger partial charge is 0.497 e. The van der Waals surface area contributed by atoms with Crippen LogP contribution in [0.1, 0.15) is 31.2 Å². The lowest BCUT2D eigenvalue weighted by molar-refractivity contribution is 0.0831. The SMILES string of the molecule is COc1ccc(Cn2c(SCC(=O)c3ccc(Cl)cc3)nc3sc(C(=O)N(C)C)c(C)c3c2=O)cc1. The Labute approximate surface area is 221 Å². The summed E-state index contributed by atoms with van der Waals surface area (Å²) in [7, 11) is 4.94. The maximum atomic E-state index is 13.7. The van der Waals surface area contributed by atoms with Gasteiger partial charge in [0.25, 0.3) is 11.5 Å². The maximum Gasteiger partial charge on any atom is 0.263 e. The molecular formula is C26H24ClN3O4S2. The summed E-state index contributed by atoms with van der Waals surface area (Å²) in [5.74, 6) is 0.524. The number of ketones is 1. The van der Waals surface area contributed by atoms with E-state index in [1.807, 2.05) is 24.3 Å². The van der Waals surface area contributed by atoms with Gasteiger partial charge >= 0.3 is 0 Å². The van der Waals surface area contributed by atoms with Crippen LogP contribution in [0.2, 0.25) is 5.02 Å². The summed E-state index contributed by atoms with van der Waals surface area (Å²) in [5.41, 5.74) is 1.78. The molecule has 36 heavy (non-hydrogen) atoms. The topological polar surface area (TPSA) is 81.5 Å². The summed E-state index contributed by atoms with van der Waals surface area (Å²) < 4.78 is 6.80. The van der Waals surface area contributed by atoms with Gasteiger partial charge < -0.3 is 9.64 Å². The molecule has 0 aliphatic rings. The monoisotopic (exact) mass is 541 g/mol. The number of methoxy groups -OCH3 is 1. The van der Waals surface area contributed by atoms with Gasteiger partial charge in [-0.25, -0.2) is 4.98 Å². The second-order valence-electron chi connectivity index (χ2n) is 8.29. The number of benzene rings is 2. The molecule has 4 rings (SSSR count). The Morgan fingerprint density at radius 2 is 1.78 bits per heavy atom. The molecule has 10 heteroatoms. The molecule has 0 aliphatic carbocycles. The van der Waals surface area contributed by atoms with Gasteiger partial charge in [-0.1, -0.05) is 35.5 Å². The lowest BCUT2D eigenvalue weighted by atomic mass is 10.1. The first kappa shape index (κ1) is 25.9. The van der Waals surface area contributed by atoms with E-state index in [4.69, 9.17) is 21.3 Å². The van der Waals surface area contributed by atoms with Crippen LogP contribution < -0.4 is 10.3 Å². The minimum Gasteiger partial charge on any atom is -0.497 e. The predicted molar refractivity (Wildman–Crippen MR) is 145 cm³/mol.